The Balaban J connectivity index is 1.87. The molecule has 1 aliphatic rings. The third-order valence-electron chi connectivity index (χ3n) is 3.45. The number of rotatable bonds is 3. The number of aromatic nitrogens is 2. The molecule has 2 unspecified atom stereocenters. The Morgan fingerprint density at radius 1 is 1.43 bits per heavy atom. The molecule has 2 heterocycles. The van der Waals surface area contributed by atoms with Crippen LogP contribution in [0.1, 0.15) is 17.3 Å². The zero-order valence-electron chi connectivity index (χ0n) is 11.9. The fraction of sp³-hybridized carbons (Fsp3) is 0.333. The Kier molecular flexibility index (Phi) is 3.98. The summed E-state index contributed by atoms with van der Waals surface area (Å²) in [6.45, 7) is 2.40. The highest BCUT2D eigenvalue weighted by Crippen LogP contribution is 2.38. The van der Waals surface area contributed by atoms with Crippen LogP contribution in [-0.4, -0.2) is 28.9 Å². The molecule has 2 atom stereocenters. The van der Waals surface area contributed by atoms with Gasteiger partial charge in [-0.25, -0.2) is 4.98 Å². The Labute approximate surface area is 127 Å². The highest BCUT2D eigenvalue weighted by atomic mass is 32.2. The Morgan fingerprint density at radius 2 is 2.24 bits per heavy atom. The van der Waals surface area contributed by atoms with E-state index in [-0.39, 0.29) is 16.9 Å². The number of aromatic amines is 1. The molecule has 0 saturated heterocycles. The lowest BCUT2D eigenvalue weighted by molar-refractivity contribution is 0.264. The molecular formula is C15H17N3O2S. The van der Waals surface area contributed by atoms with E-state index in [9.17, 15) is 4.79 Å². The second-order valence-corrected chi connectivity index (χ2v) is 6.19. The van der Waals surface area contributed by atoms with Crippen molar-refractivity contribution in [1.82, 2.24) is 15.3 Å². The van der Waals surface area contributed by atoms with Crippen molar-refractivity contribution in [2.75, 3.05) is 13.7 Å². The van der Waals surface area contributed by atoms with Crippen LogP contribution in [0.4, 0.5) is 0 Å². The number of thioether (sulfide) groups is 1. The quantitative estimate of drug-likeness (QED) is 0.848. The predicted molar refractivity (Wildman–Crippen MR) is 83.0 cm³/mol. The van der Waals surface area contributed by atoms with E-state index in [4.69, 9.17) is 4.74 Å². The first kappa shape index (κ1) is 14.2. The van der Waals surface area contributed by atoms with E-state index >= 15 is 0 Å². The van der Waals surface area contributed by atoms with Crippen LogP contribution < -0.4 is 15.6 Å². The Hall–Kier alpha value is -1.79. The second-order valence-electron chi connectivity index (χ2n) is 4.96. The fourth-order valence-electron chi connectivity index (χ4n) is 2.53. The molecule has 2 N–H and O–H groups in total. The lowest BCUT2D eigenvalue weighted by atomic mass is 10.0. The summed E-state index contributed by atoms with van der Waals surface area (Å²) in [5.41, 5.74) is 1.74. The fourth-order valence-corrected chi connectivity index (χ4v) is 3.73. The lowest BCUT2D eigenvalue weighted by Crippen LogP contribution is -2.36. The molecule has 3 rings (SSSR count). The molecule has 110 valence electrons. The van der Waals surface area contributed by atoms with Crippen LogP contribution in [0.3, 0.4) is 0 Å². The van der Waals surface area contributed by atoms with Gasteiger partial charge in [-0.05, 0) is 20.0 Å². The van der Waals surface area contributed by atoms with E-state index in [0.29, 0.717) is 11.8 Å². The third kappa shape index (κ3) is 2.96. The molecule has 5 nitrogen and oxygen atoms in total. The normalized spacial score (nSPS) is 20.7. The molecule has 0 fully saturated rings. The summed E-state index contributed by atoms with van der Waals surface area (Å²) in [7, 11) is 1.94. The highest BCUT2D eigenvalue weighted by Gasteiger charge is 2.31. The van der Waals surface area contributed by atoms with E-state index in [1.165, 1.54) is 17.8 Å². The van der Waals surface area contributed by atoms with Crippen molar-refractivity contribution in [2.45, 2.75) is 23.4 Å². The number of H-pyrrole nitrogens is 1. The summed E-state index contributed by atoms with van der Waals surface area (Å²) in [5.74, 6) is 0.916. The summed E-state index contributed by atoms with van der Waals surface area (Å²) in [6, 6.07) is 9.67. The smallest absolute Gasteiger partial charge is 0.251 e. The molecule has 21 heavy (non-hydrogen) atoms. The van der Waals surface area contributed by atoms with Gasteiger partial charge in [-0.1, -0.05) is 30.0 Å². The van der Waals surface area contributed by atoms with Crippen LogP contribution in [0, 0.1) is 6.92 Å². The number of hydrogen-bond acceptors (Lipinski definition) is 5. The van der Waals surface area contributed by atoms with E-state index in [2.05, 4.69) is 21.4 Å². The van der Waals surface area contributed by atoms with Gasteiger partial charge in [-0.2, -0.15) is 0 Å². The Bertz CT molecular complexity index is 701. The molecule has 1 aromatic carbocycles. The number of ether oxygens (including phenoxy) is 1. The molecule has 0 bridgehead atoms. The zero-order chi connectivity index (χ0) is 14.8. The van der Waals surface area contributed by atoms with E-state index < -0.39 is 0 Å². The number of fused-ring (bicyclic) bond motifs is 1. The standard InChI is InChI=1S/C15H17N3O2S/c1-9-7-13(19)18-15(17-9)21-12-8-20-11-6-4-3-5-10(11)14(12)16-2/h3-7,12,14,16H,8H2,1-2H3,(H,17,18,19). The zero-order valence-corrected chi connectivity index (χ0v) is 12.7. The van der Waals surface area contributed by atoms with Crippen molar-refractivity contribution >= 4 is 11.8 Å². The van der Waals surface area contributed by atoms with E-state index in [0.717, 1.165) is 17.0 Å². The van der Waals surface area contributed by atoms with Crippen molar-refractivity contribution in [3.63, 3.8) is 0 Å². The predicted octanol–water partition coefficient (Wildman–Crippen LogP) is 1.89. The highest BCUT2D eigenvalue weighted by molar-refractivity contribution is 7.99. The van der Waals surface area contributed by atoms with E-state index in [1.807, 2.05) is 32.2 Å². The monoisotopic (exact) mass is 303 g/mol. The van der Waals surface area contributed by atoms with E-state index in [1.54, 1.807) is 0 Å². The first-order valence-corrected chi connectivity index (χ1v) is 7.69. The maximum atomic E-state index is 11.5. The van der Waals surface area contributed by atoms with Crippen LogP contribution in [0.2, 0.25) is 0 Å². The number of hydrogen-bond donors (Lipinski definition) is 2. The first-order chi connectivity index (χ1) is 10.2. The van der Waals surface area contributed by atoms with Gasteiger partial charge in [-0.15, -0.1) is 0 Å². The van der Waals surface area contributed by atoms with Gasteiger partial charge in [0.15, 0.2) is 5.16 Å². The minimum atomic E-state index is -0.122. The average Bonchev–Trinajstić information content (AvgIpc) is 2.46. The van der Waals surface area contributed by atoms with Crippen molar-refractivity contribution in [3.05, 3.63) is 51.9 Å². The van der Waals surface area contributed by atoms with Crippen LogP contribution in [0.25, 0.3) is 0 Å². The topological polar surface area (TPSA) is 67.0 Å². The minimum Gasteiger partial charge on any atom is -0.492 e. The summed E-state index contributed by atoms with van der Waals surface area (Å²) >= 11 is 1.53. The summed E-state index contributed by atoms with van der Waals surface area (Å²) in [4.78, 5) is 18.7. The molecule has 0 amide bonds. The molecule has 0 aliphatic carbocycles. The van der Waals surface area contributed by atoms with Crippen LogP contribution in [0.5, 0.6) is 5.75 Å². The summed E-state index contributed by atoms with van der Waals surface area (Å²) < 4.78 is 5.82. The van der Waals surface area contributed by atoms with Gasteiger partial charge in [0.25, 0.3) is 5.56 Å². The number of benzene rings is 1. The van der Waals surface area contributed by atoms with Crippen LogP contribution >= 0.6 is 11.8 Å². The van der Waals surface area contributed by atoms with Crippen molar-refractivity contribution in [3.8, 4) is 5.75 Å². The molecule has 0 spiro atoms. The lowest BCUT2D eigenvalue weighted by Gasteiger charge is -2.32. The maximum absolute atomic E-state index is 11.5. The summed E-state index contributed by atoms with van der Waals surface area (Å²) in [6.07, 6.45) is 0. The SMILES string of the molecule is CNC1c2ccccc2OCC1Sc1nc(C)cc(=O)[nH]1. The van der Waals surface area contributed by atoms with Crippen molar-refractivity contribution < 1.29 is 4.74 Å². The van der Waals surface area contributed by atoms with Crippen LogP contribution in [0.15, 0.2) is 40.3 Å². The minimum absolute atomic E-state index is 0.122. The molecule has 2 aromatic rings. The largest absolute Gasteiger partial charge is 0.492 e. The maximum Gasteiger partial charge on any atom is 0.251 e. The Morgan fingerprint density at radius 3 is 3.00 bits per heavy atom. The molecule has 1 aliphatic heterocycles. The third-order valence-corrected chi connectivity index (χ3v) is 4.58. The number of nitrogens with zero attached hydrogens (tertiary/aromatic N) is 1. The van der Waals surface area contributed by atoms with Gasteiger partial charge in [0, 0.05) is 17.3 Å². The molecule has 6 heteroatoms. The number of para-hydroxylation sites is 1. The van der Waals surface area contributed by atoms with Gasteiger partial charge in [-0.3, -0.25) is 4.79 Å². The van der Waals surface area contributed by atoms with Crippen LogP contribution in [-0.2, 0) is 0 Å². The molecule has 0 saturated carbocycles. The van der Waals surface area contributed by atoms with Gasteiger partial charge in [0.05, 0.1) is 11.3 Å². The van der Waals surface area contributed by atoms with Gasteiger partial charge in [0.1, 0.15) is 12.4 Å². The van der Waals surface area contributed by atoms with Gasteiger partial charge < -0.3 is 15.0 Å². The molecular weight excluding hydrogens is 286 g/mol. The number of aryl methyl sites for hydroxylation is 1. The second kappa shape index (κ2) is 5.91. The van der Waals surface area contributed by atoms with Crippen molar-refractivity contribution in [1.29, 1.82) is 0 Å². The van der Waals surface area contributed by atoms with Crippen molar-refractivity contribution in [2.24, 2.45) is 0 Å². The van der Waals surface area contributed by atoms with Gasteiger partial charge in [0.2, 0.25) is 0 Å². The van der Waals surface area contributed by atoms with Gasteiger partial charge >= 0.3 is 0 Å². The first-order valence-electron chi connectivity index (χ1n) is 6.81. The molecule has 0 radical (unpaired) electrons. The average molecular weight is 303 g/mol. The number of nitrogens with one attached hydrogen (secondary N) is 2. The summed E-state index contributed by atoms with van der Waals surface area (Å²) in [5, 5.41) is 4.12. The molecule has 1 aromatic heterocycles.